The van der Waals surface area contributed by atoms with Crippen molar-refractivity contribution in [2.45, 2.75) is 31.2 Å². The van der Waals surface area contributed by atoms with Crippen molar-refractivity contribution in [1.29, 1.82) is 0 Å². The number of ether oxygens (including phenoxy) is 3. The molecule has 14 heavy (non-hydrogen) atoms. The van der Waals surface area contributed by atoms with Crippen LogP contribution in [0.25, 0.3) is 0 Å². The highest BCUT2D eigenvalue weighted by molar-refractivity contribution is 5.10. The Kier molecular flexibility index (Phi) is 2.06. The highest BCUT2D eigenvalue weighted by atomic mass is 16.6. The molecule has 0 aromatic rings. The minimum absolute atomic E-state index is 0.0344. The van der Waals surface area contributed by atoms with Crippen molar-refractivity contribution in [2.24, 2.45) is 5.41 Å². The van der Waals surface area contributed by atoms with Crippen molar-refractivity contribution in [1.82, 2.24) is 0 Å². The molecule has 1 N–H and O–H groups in total. The Balaban J connectivity index is 1.64. The molecule has 4 heteroatoms. The van der Waals surface area contributed by atoms with Crippen LogP contribution in [-0.2, 0) is 14.2 Å². The van der Waals surface area contributed by atoms with E-state index in [2.05, 4.69) is 0 Å². The normalized spacial score (nSPS) is 43.1. The van der Waals surface area contributed by atoms with Crippen LogP contribution in [0, 0.1) is 5.41 Å². The highest BCUT2D eigenvalue weighted by Crippen LogP contribution is 2.57. The Morgan fingerprint density at radius 1 is 1.36 bits per heavy atom. The summed E-state index contributed by atoms with van der Waals surface area (Å²) in [6.45, 7) is 1.91. The lowest BCUT2D eigenvalue weighted by atomic mass is 9.98. The Hall–Kier alpha value is -0.160. The van der Waals surface area contributed by atoms with Crippen LogP contribution in [0.4, 0.5) is 0 Å². The molecule has 2 aliphatic heterocycles. The van der Waals surface area contributed by atoms with Gasteiger partial charge in [0.15, 0.2) is 0 Å². The van der Waals surface area contributed by atoms with E-state index in [1.54, 1.807) is 0 Å². The van der Waals surface area contributed by atoms with Crippen molar-refractivity contribution in [3.63, 3.8) is 0 Å². The van der Waals surface area contributed by atoms with E-state index in [-0.39, 0.29) is 24.9 Å². The third kappa shape index (κ3) is 1.21. The van der Waals surface area contributed by atoms with Gasteiger partial charge in [-0.05, 0) is 12.8 Å². The van der Waals surface area contributed by atoms with Gasteiger partial charge in [0.05, 0.1) is 32.5 Å². The summed E-state index contributed by atoms with van der Waals surface area (Å²) in [6.07, 6.45) is 2.88. The number of aliphatic hydroxyl groups excluding tert-OH is 1. The molecule has 4 nitrogen and oxygen atoms in total. The van der Waals surface area contributed by atoms with Crippen molar-refractivity contribution in [2.75, 3.05) is 26.4 Å². The summed E-state index contributed by atoms with van der Waals surface area (Å²) in [7, 11) is 0. The quantitative estimate of drug-likeness (QED) is 0.693. The zero-order valence-electron chi connectivity index (χ0n) is 8.15. The summed E-state index contributed by atoms with van der Waals surface area (Å²) >= 11 is 0. The van der Waals surface area contributed by atoms with Crippen LogP contribution in [0.3, 0.4) is 0 Å². The van der Waals surface area contributed by atoms with Crippen LogP contribution in [0.15, 0.2) is 0 Å². The van der Waals surface area contributed by atoms with E-state index in [1.165, 1.54) is 12.8 Å². The Labute approximate surface area is 83.1 Å². The summed E-state index contributed by atoms with van der Waals surface area (Å²) in [5.41, 5.74) is 0.335. The summed E-state index contributed by atoms with van der Waals surface area (Å²) < 4.78 is 17.0. The van der Waals surface area contributed by atoms with Crippen LogP contribution in [-0.4, -0.2) is 49.8 Å². The lowest BCUT2D eigenvalue weighted by molar-refractivity contribution is -0.0424. The van der Waals surface area contributed by atoms with Crippen molar-refractivity contribution >= 4 is 0 Å². The molecule has 3 rings (SSSR count). The van der Waals surface area contributed by atoms with E-state index in [1.807, 2.05) is 0 Å². The summed E-state index contributed by atoms with van der Waals surface area (Å²) in [4.78, 5) is 0. The second-order valence-corrected chi connectivity index (χ2v) is 4.52. The molecule has 3 aliphatic rings. The molecule has 0 bridgehead atoms. The van der Waals surface area contributed by atoms with E-state index in [0.717, 1.165) is 6.61 Å². The Bertz CT molecular complexity index is 226. The molecule has 3 atom stereocenters. The zero-order valence-corrected chi connectivity index (χ0v) is 8.15. The van der Waals surface area contributed by atoms with Crippen molar-refractivity contribution in [3.8, 4) is 0 Å². The molecule has 80 valence electrons. The molecule has 0 unspecified atom stereocenters. The maximum Gasteiger partial charge on any atom is 0.113 e. The number of rotatable bonds is 3. The van der Waals surface area contributed by atoms with Gasteiger partial charge in [-0.25, -0.2) is 0 Å². The maximum absolute atomic E-state index is 8.68. The lowest BCUT2D eigenvalue weighted by Gasteiger charge is -2.16. The first-order chi connectivity index (χ1) is 6.86. The third-order valence-corrected chi connectivity index (χ3v) is 3.59. The maximum atomic E-state index is 8.68. The van der Waals surface area contributed by atoms with Gasteiger partial charge in [0, 0.05) is 5.41 Å². The van der Waals surface area contributed by atoms with Gasteiger partial charge in [0.1, 0.15) is 12.2 Å². The highest BCUT2D eigenvalue weighted by Gasteiger charge is 2.62. The Morgan fingerprint density at radius 2 is 2.21 bits per heavy atom. The first kappa shape index (κ1) is 9.09. The molecular formula is C10H16O4. The topological polar surface area (TPSA) is 47.9 Å². The second-order valence-electron chi connectivity index (χ2n) is 4.52. The van der Waals surface area contributed by atoms with Crippen molar-refractivity contribution in [3.05, 3.63) is 0 Å². The van der Waals surface area contributed by atoms with Crippen LogP contribution >= 0.6 is 0 Å². The minimum atomic E-state index is 0.0344. The van der Waals surface area contributed by atoms with Crippen LogP contribution in [0.1, 0.15) is 12.8 Å². The fourth-order valence-electron chi connectivity index (χ4n) is 2.58. The van der Waals surface area contributed by atoms with E-state index < -0.39 is 0 Å². The fraction of sp³-hybridized carbons (Fsp3) is 1.00. The first-order valence-electron chi connectivity index (χ1n) is 5.31. The molecule has 2 saturated heterocycles. The van der Waals surface area contributed by atoms with Gasteiger partial charge in [0.2, 0.25) is 0 Å². The molecular weight excluding hydrogens is 184 g/mol. The average Bonchev–Trinajstić information content (AvgIpc) is 2.72. The van der Waals surface area contributed by atoms with E-state index in [4.69, 9.17) is 19.3 Å². The zero-order chi connectivity index (χ0) is 9.60. The van der Waals surface area contributed by atoms with Gasteiger partial charge >= 0.3 is 0 Å². The minimum Gasteiger partial charge on any atom is -0.394 e. The second kappa shape index (κ2) is 3.17. The molecule has 1 aliphatic carbocycles. The van der Waals surface area contributed by atoms with Gasteiger partial charge in [-0.1, -0.05) is 0 Å². The van der Waals surface area contributed by atoms with E-state index >= 15 is 0 Å². The van der Waals surface area contributed by atoms with Crippen LogP contribution in [0.2, 0.25) is 0 Å². The van der Waals surface area contributed by atoms with Gasteiger partial charge < -0.3 is 19.3 Å². The molecule has 0 amide bonds. The first-order valence-corrected chi connectivity index (χ1v) is 5.31. The summed E-state index contributed by atoms with van der Waals surface area (Å²) in [5.74, 6) is 0. The molecule has 1 spiro atoms. The smallest absolute Gasteiger partial charge is 0.113 e. The predicted molar refractivity (Wildman–Crippen MR) is 48.0 cm³/mol. The molecule has 0 radical (unpaired) electrons. The SMILES string of the molecule is OCCO[C@H]1CO[C@@H]2[C@@H]1OCC21CC1. The number of aliphatic hydroxyl groups is 1. The average molecular weight is 200 g/mol. The summed E-state index contributed by atoms with van der Waals surface area (Å²) in [6, 6.07) is 0. The molecule has 0 aromatic heterocycles. The van der Waals surface area contributed by atoms with E-state index in [9.17, 15) is 0 Å². The standard InChI is InChI=1S/C10H16O4/c11-3-4-12-7-5-13-9-8(7)14-6-10(9)1-2-10/h7-9,11H,1-6H2/t7-,8+,9+/m0/s1. The summed E-state index contributed by atoms with van der Waals surface area (Å²) in [5, 5.41) is 8.68. The largest absolute Gasteiger partial charge is 0.394 e. The molecule has 1 saturated carbocycles. The van der Waals surface area contributed by atoms with Crippen LogP contribution in [0.5, 0.6) is 0 Å². The number of hydrogen-bond donors (Lipinski definition) is 1. The molecule has 3 fully saturated rings. The monoisotopic (exact) mass is 200 g/mol. The van der Waals surface area contributed by atoms with Gasteiger partial charge in [-0.3, -0.25) is 0 Å². The van der Waals surface area contributed by atoms with Gasteiger partial charge in [-0.2, -0.15) is 0 Å². The molecule has 0 aromatic carbocycles. The number of hydrogen-bond acceptors (Lipinski definition) is 4. The third-order valence-electron chi connectivity index (χ3n) is 3.59. The Morgan fingerprint density at radius 3 is 2.93 bits per heavy atom. The predicted octanol–water partition coefficient (Wildman–Crippen LogP) is -0.0583. The van der Waals surface area contributed by atoms with Gasteiger partial charge in [-0.15, -0.1) is 0 Å². The number of fused-ring (bicyclic) bond motifs is 2. The van der Waals surface area contributed by atoms with Crippen molar-refractivity contribution < 1.29 is 19.3 Å². The van der Waals surface area contributed by atoms with E-state index in [0.29, 0.717) is 18.6 Å². The van der Waals surface area contributed by atoms with Gasteiger partial charge in [0.25, 0.3) is 0 Å². The van der Waals surface area contributed by atoms with Crippen LogP contribution < -0.4 is 0 Å². The fourth-order valence-corrected chi connectivity index (χ4v) is 2.58. The molecule has 2 heterocycles. The lowest BCUT2D eigenvalue weighted by Crippen LogP contribution is -2.32.